The summed E-state index contributed by atoms with van der Waals surface area (Å²) >= 11 is 11.6. The van der Waals surface area contributed by atoms with Crippen LogP contribution in [0.1, 0.15) is 6.92 Å². The second kappa shape index (κ2) is 5.44. The smallest absolute Gasteiger partial charge is 0.122 e. The van der Waals surface area contributed by atoms with E-state index in [0.717, 1.165) is 0 Å². The predicted octanol–water partition coefficient (Wildman–Crippen LogP) is 2.97. The summed E-state index contributed by atoms with van der Waals surface area (Å²) in [5, 5.41) is 1.15. The molecule has 0 amide bonds. The van der Waals surface area contributed by atoms with Crippen LogP contribution >= 0.6 is 23.2 Å². The fourth-order valence-corrected chi connectivity index (χ4v) is 1.42. The summed E-state index contributed by atoms with van der Waals surface area (Å²) in [5.41, 5.74) is 5.46. The van der Waals surface area contributed by atoms with E-state index in [1.807, 2.05) is 6.92 Å². The minimum atomic E-state index is 0.327. The maximum atomic E-state index is 5.81. The minimum absolute atomic E-state index is 0.327. The van der Waals surface area contributed by atoms with Crippen molar-refractivity contribution in [3.05, 3.63) is 28.2 Å². The topological polar surface area (TPSA) is 35.2 Å². The fourth-order valence-electron chi connectivity index (χ4n) is 0.918. The zero-order chi connectivity index (χ0) is 10.6. The molecule has 0 aliphatic rings. The molecule has 2 nitrogen and oxygen atoms in total. The van der Waals surface area contributed by atoms with E-state index < -0.39 is 0 Å². The standard InChI is InChI=1S/C10H13Cl2NO/c1-7(5-13)6-14-10-3-8(11)2-9(12)4-10/h2-4,7H,5-6,13H2,1H3. The number of rotatable bonds is 4. The summed E-state index contributed by atoms with van der Waals surface area (Å²) in [5.74, 6) is 1.01. The average Bonchev–Trinajstić information content (AvgIpc) is 2.12. The van der Waals surface area contributed by atoms with Crippen LogP contribution in [-0.4, -0.2) is 13.2 Å². The number of benzene rings is 1. The minimum Gasteiger partial charge on any atom is -0.493 e. The van der Waals surface area contributed by atoms with Crippen molar-refractivity contribution in [1.82, 2.24) is 0 Å². The normalized spacial score (nSPS) is 12.6. The van der Waals surface area contributed by atoms with Crippen LogP contribution in [-0.2, 0) is 0 Å². The van der Waals surface area contributed by atoms with E-state index in [4.69, 9.17) is 33.7 Å². The van der Waals surface area contributed by atoms with Gasteiger partial charge < -0.3 is 10.5 Å². The summed E-state index contributed by atoms with van der Waals surface area (Å²) in [7, 11) is 0. The van der Waals surface area contributed by atoms with E-state index in [1.54, 1.807) is 18.2 Å². The van der Waals surface area contributed by atoms with E-state index in [2.05, 4.69) is 0 Å². The van der Waals surface area contributed by atoms with Gasteiger partial charge in [-0.15, -0.1) is 0 Å². The second-order valence-corrected chi connectivity index (χ2v) is 4.13. The summed E-state index contributed by atoms with van der Waals surface area (Å²) < 4.78 is 5.47. The molecule has 0 heterocycles. The molecule has 0 bridgehead atoms. The molecule has 1 atom stereocenters. The van der Waals surface area contributed by atoms with Gasteiger partial charge >= 0.3 is 0 Å². The van der Waals surface area contributed by atoms with Crippen molar-refractivity contribution in [1.29, 1.82) is 0 Å². The van der Waals surface area contributed by atoms with Crippen LogP contribution in [0.25, 0.3) is 0 Å². The molecule has 1 rings (SSSR count). The molecule has 2 N–H and O–H groups in total. The van der Waals surface area contributed by atoms with E-state index in [9.17, 15) is 0 Å². The van der Waals surface area contributed by atoms with Gasteiger partial charge in [0.15, 0.2) is 0 Å². The Balaban J connectivity index is 2.58. The van der Waals surface area contributed by atoms with Crippen LogP contribution in [0.3, 0.4) is 0 Å². The Bertz CT molecular complexity index is 284. The maximum Gasteiger partial charge on any atom is 0.122 e. The molecule has 0 saturated carbocycles. The molecule has 0 aromatic heterocycles. The van der Waals surface area contributed by atoms with Crippen LogP contribution in [0.4, 0.5) is 0 Å². The zero-order valence-electron chi connectivity index (χ0n) is 7.97. The van der Waals surface area contributed by atoms with E-state index in [1.165, 1.54) is 0 Å². The monoisotopic (exact) mass is 233 g/mol. The predicted molar refractivity (Wildman–Crippen MR) is 60.2 cm³/mol. The average molecular weight is 234 g/mol. The van der Waals surface area contributed by atoms with Gasteiger partial charge in [-0.25, -0.2) is 0 Å². The van der Waals surface area contributed by atoms with E-state index >= 15 is 0 Å². The van der Waals surface area contributed by atoms with Crippen LogP contribution in [0, 0.1) is 5.92 Å². The summed E-state index contributed by atoms with van der Waals surface area (Å²) in [6.45, 7) is 3.20. The Kier molecular flexibility index (Phi) is 4.52. The Morgan fingerprint density at radius 1 is 1.29 bits per heavy atom. The number of halogens is 2. The quantitative estimate of drug-likeness (QED) is 0.869. The van der Waals surface area contributed by atoms with Gasteiger partial charge in [-0.2, -0.15) is 0 Å². The Hall–Kier alpha value is -0.440. The molecular weight excluding hydrogens is 221 g/mol. The lowest BCUT2D eigenvalue weighted by molar-refractivity contribution is 0.264. The largest absolute Gasteiger partial charge is 0.493 e. The number of ether oxygens (including phenoxy) is 1. The molecule has 0 aliphatic carbocycles. The number of hydrogen-bond acceptors (Lipinski definition) is 2. The third-order valence-electron chi connectivity index (χ3n) is 1.77. The SMILES string of the molecule is CC(CN)COc1cc(Cl)cc(Cl)c1. The van der Waals surface area contributed by atoms with Gasteiger partial charge in [0.25, 0.3) is 0 Å². The Morgan fingerprint density at radius 3 is 2.36 bits per heavy atom. The molecule has 0 saturated heterocycles. The summed E-state index contributed by atoms with van der Waals surface area (Å²) in [6, 6.07) is 5.13. The van der Waals surface area contributed by atoms with Gasteiger partial charge in [0.2, 0.25) is 0 Å². The van der Waals surface area contributed by atoms with Gasteiger partial charge in [-0.1, -0.05) is 30.1 Å². The van der Waals surface area contributed by atoms with E-state index in [-0.39, 0.29) is 0 Å². The summed E-state index contributed by atoms with van der Waals surface area (Å²) in [4.78, 5) is 0. The lowest BCUT2D eigenvalue weighted by Crippen LogP contribution is -2.18. The molecular formula is C10H13Cl2NO. The first kappa shape index (κ1) is 11.6. The van der Waals surface area contributed by atoms with Crippen molar-refractivity contribution in [2.75, 3.05) is 13.2 Å². The lowest BCUT2D eigenvalue weighted by atomic mass is 10.2. The van der Waals surface area contributed by atoms with Crippen LogP contribution in [0.5, 0.6) is 5.75 Å². The molecule has 0 radical (unpaired) electrons. The molecule has 1 aromatic carbocycles. The molecule has 14 heavy (non-hydrogen) atoms. The summed E-state index contributed by atoms with van der Waals surface area (Å²) in [6.07, 6.45) is 0. The highest BCUT2D eigenvalue weighted by molar-refractivity contribution is 6.34. The molecule has 0 fully saturated rings. The maximum absolute atomic E-state index is 5.81. The van der Waals surface area contributed by atoms with Crippen LogP contribution in [0.15, 0.2) is 18.2 Å². The first-order chi connectivity index (χ1) is 6.61. The second-order valence-electron chi connectivity index (χ2n) is 3.26. The number of hydrogen-bond donors (Lipinski definition) is 1. The Morgan fingerprint density at radius 2 is 1.86 bits per heavy atom. The Labute approximate surface area is 94.0 Å². The highest BCUT2D eigenvalue weighted by Crippen LogP contribution is 2.24. The van der Waals surface area contributed by atoms with Crippen molar-refractivity contribution in [2.45, 2.75) is 6.92 Å². The first-order valence-corrected chi connectivity index (χ1v) is 5.16. The highest BCUT2D eigenvalue weighted by atomic mass is 35.5. The third-order valence-corrected chi connectivity index (χ3v) is 2.21. The van der Waals surface area contributed by atoms with Gasteiger partial charge in [0.05, 0.1) is 6.61 Å². The van der Waals surface area contributed by atoms with Crippen molar-refractivity contribution < 1.29 is 4.74 Å². The van der Waals surface area contributed by atoms with Crippen LogP contribution < -0.4 is 10.5 Å². The lowest BCUT2D eigenvalue weighted by Gasteiger charge is -2.11. The molecule has 1 unspecified atom stereocenters. The van der Waals surface area contributed by atoms with Crippen molar-refractivity contribution in [2.24, 2.45) is 11.7 Å². The molecule has 0 aliphatic heterocycles. The molecule has 78 valence electrons. The van der Waals surface area contributed by atoms with Crippen LogP contribution in [0.2, 0.25) is 10.0 Å². The molecule has 4 heteroatoms. The fraction of sp³-hybridized carbons (Fsp3) is 0.400. The highest BCUT2D eigenvalue weighted by Gasteiger charge is 2.02. The van der Waals surface area contributed by atoms with Gasteiger partial charge in [-0.05, 0) is 24.7 Å². The van der Waals surface area contributed by atoms with Crippen molar-refractivity contribution in [3.63, 3.8) is 0 Å². The molecule has 0 spiro atoms. The molecule has 1 aromatic rings. The number of nitrogens with two attached hydrogens (primary N) is 1. The van der Waals surface area contributed by atoms with Gasteiger partial charge in [0, 0.05) is 16.0 Å². The first-order valence-electron chi connectivity index (χ1n) is 4.40. The van der Waals surface area contributed by atoms with Gasteiger partial charge in [-0.3, -0.25) is 0 Å². The zero-order valence-corrected chi connectivity index (χ0v) is 9.48. The van der Waals surface area contributed by atoms with Crippen molar-refractivity contribution >= 4 is 23.2 Å². The third kappa shape index (κ3) is 3.74. The van der Waals surface area contributed by atoms with E-state index in [0.29, 0.717) is 34.9 Å². The van der Waals surface area contributed by atoms with Crippen molar-refractivity contribution in [3.8, 4) is 5.75 Å². The van der Waals surface area contributed by atoms with Gasteiger partial charge in [0.1, 0.15) is 5.75 Å².